The van der Waals surface area contributed by atoms with Crippen LogP contribution in [0.25, 0.3) is 5.57 Å². The molecule has 2 amide bonds. The van der Waals surface area contributed by atoms with E-state index < -0.39 is 0 Å². The van der Waals surface area contributed by atoms with Gasteiger partial charge in [0.25, 0.3) is 11.8 Å². The number of rotatable bonds is 3. The quantitative estimate of drug-likeness (QED) is 0.853. The van der Waals surface area contributed by atoms with Crippen LogP contribution in [0.15, 0.2) is 78.9 Å². The van der Waals surface area contributed by atoms with Gasteiger partial charge < -0.3 is 0 Å². The minimum atomic E-state index is -0.329. The first kappa shape index (κ1) is 18.4. The molecule has 3 heteroatoms. The van der Waals surface area contributed by atoms with Crippen LogP contribution in [0.3, 0.4) is 0 Å². The number of carbonyl (C=O) groups excluding carboxylic acids is 2. The molecule has 1 heterocycles. The summed E-state index contributed by atoms with van der Waals surface area (Å²) < 4.78 is 0. The van der Waals surface area contributed by atoms with Gasteiger partial charge in [0.2, 0.25) is 0 Å². The molecule has 0 radical (unpaired) electrons. The lowest BCUT2D eigenvalue weighted by Gasteiger charge is -2.22. The van der Waals surface area contributed by atoms with E-state index in [0.717, 1.165) is 0 Å². The molecule has 1 N–H and O–H groups in total. The summed E-state index contributed by atoms with van der Waals surface area (Å²) in [6.07, 6.45) is 4.74. The summed E-state index contributed by atoms with van der Waals surface area (Å²) in [5.74, 6) is -0.657. The molecule has 0 bridgehead atoms. The fourth-order valence-electron chi connectivity index (χ4n) is 2.63. The third-order valence-electron chi connectivity index (χ3n) is 3.96. The number of hydrogen-bond acceptors (Lipinski definition) is 2. The SMILES string of the molecule is CC(=CC(C)(C)c1ccccc1)c1ccccc1.O=C1C=CC(=O)N1. The van der Waals surface area contributed by atoms with Gasteiger partial charge in [0.1, 0.15) is 0 Å². The van der Waals surface area contributed by atoms with E-state index in [9.17, 15) is 9.59 Å². The monoisotopic (exact) mass is 333 g/mol. The maximum atomic E-state index is 10.0. The van der Waals surface area contributed by atoms with Gasteiger partial charge in [-0.2, -0.15) is 0 Å². The zero-order chi connectivity index (χ0) is 18.3. The molecule has 0 atom stereocenters. The lowest BCUT2D eigenvalue weighted by Crippen LogP contribution is -2.19. The summed E-state index contributed by atoms with van der Waals surface area (Å²) in [6, 6.07) is 21.2. The van der Waals surface area contributed by atoms with Crippen molar-refractivity contribution in [2.45, 2.75) is 26.2 Å². The summed E-state index contributed by atoms with van der Waals surface area (Å²) in [5.41, 5.74) is 4.02. The van der Waals surface area contributed by atoms with Gasteiger partial charge in [-0.3, -0.25) is 14.9 Å². The van der Waals surface area contributed by atoms with Crippen molar-refractivity contribution in [3.05, 3.63) is 90.0 Å². The summed E-state index contributed by atoms with van der Waals surface area (Å²) in [7, 11) is 0. The molecular formula is C22H23NO2. The Bertz CT molecular complexity index is 771. The van der Waals surface area contributed by atoms with Gasteiger partial charge in [0, 0.05) is 17.6 Å². The molecule has 0 spiro atoms. The molecule has 128 valence electrons. The van der Waals surface area contributed by atoms with Crippen LogP contribution >= 0.6 is 0 Å². The van der Waals surface area contributed by atoms with Gasteiger partial charge in [-0.05, 0) is 23.6 Å². The van der Waals surface area contributed by atoms with E-state index in [2.05, 4.69) is 87.5 Å². The Morgan fingerprint density at radius 1 is 0.840 bits per heavy atom. The highest BCUT2D eigenvalue weighted by molar-refractivity contribution is 6.12. The van der Waals surface area contributed by atoms with Crippen molar-refractivity contribution in [1.82, 2.24) is 5.32 Å². The molecule has 0 saturated carbocycles. The van der Waals surface area contributed by atoms with Crippen molar-refractivity contribution < 1.29 is 9.59 Å². The van der Waals surface area contributed by atoms with Crippen molar-refractivity contribution in [3.8, 4) is 0 Å². The highest BCUT2D eigenvalue weighted by atomic mass is 16.2. The number of hydrogen-bond donors (Lipinski definition) is 1. The first-order valence-corrected chi connectivity index (χ1v) is 8.22. The van der Waals surface area contributed by atoms with Crippen LogP contribution in [0.5, 0.6) is 0 Å². The molecule has 1 aliphatic heterocycles. The second-order valence-electron chi connectivity index (χ2n) is 6.47. The van der Waals surface area contributed by atoms with Gasteiger partial charge in [-0.15, -0.1) is 0 Å². The highest BCUT2D eigenvalue weighted by Crippen LogP contribution is 2.28. The number of allylic oxidation sites excluding steroid dienone is 2. The summed E-state index contributed by atoms with van der Waals surface area (Å²) >= 11 is 0. The second kappa shape index (κ2) is 8.25. The van der Waals surface area contributed by atoms with Crippen molar-refractivity contribution >= 4 is 17.4 Å². The minimum absolute atomic E-state index is 0.0567. The highest BCUT2D eigenvalue weighted by Gasteiger charge is 2.17. The maximum absolute atomic E-state index is 10.0. The average molecular weight is 333 g/mol. The Kier molecular flexibility index (Phi) is 6.07. The lowest BCUT2D eigenvalue weighted by molar-refractivity contribution is -0.123. The van der Waals surface area contributed by atoms with Gasteiger partial charge in [-0.25, -0.2) is 0 Å². The van der Waals surface area contributed by atoms with E-state index in [4.69, 9.17) is 0 Å². The van der Waals surface area contributed by atoms with Crippen LogP contribution in [0.4, 0.5) is 0 Å². The van der Waals surface area contributed by atoms with Crippen LogP contribution < -0.4 is 5.32 Å². The second-order valence-corrected chi connectivity index (χ2v) is 6.47. The molecule has 0 aromatic heterocycles. The topological polar surface area (TPSA) is 46.2 Å². The molecular weight excluding hydrogens is 310 g/mol. The molecule has 0 saturated heterocycles. The van der Waals surface area contributed by atoms with Crippen LogP contribution in [0.2, 0.25) is 0 Å². The van der Waals surface area contributed by atoms with E-state index in [-0.39, 0.29) is 17.2 Å². The molecule has 25 heavy (non-hydrogen) atoms. The minimum Gasteiger partial charge on any atom is -0.289 e. The van der Waals surface area contributed by atoms with Gasteiger partial charge in [0.05, 0.1) is 0 Å². The molecule has 3 rings (SSSR count). The lowest BCUT2D eigenvalue weighted by atomic mass is 9.82. The molecule has 0 aliphatic carbocycles. The van der Waals surface area contributed by atoms with Crippen molar-refractivity contribution in [2.24, 2.45) is 0 Å². The summed E-state index contributed by atoms with van der Waals surface area (Å²) in [6.45, 7) is 6.70. The Balaban J connectivity index is 0.000000269. The van der Waals surface area contributed by atoms with Gasteiger partial charge >= 0.3 is 0 Å². The van der Waals surface area contributed by atoms with Gasteiger partial charge in [-0.1, -0.05) is 80.6 Å². The Hall–Kier alpha value is -2.94. The predicted octanol–water partition coefficient (Wildman–Crippen LogP) is 4.27. The third-order valence-corrected chi connectivity index (χ3v) is 3.96. The smallest absolute Gasteiger partial charge is 0.250 e. The Morgan fingerprint density at radius 3 is 1.76 bits per heavy atom. The van der Waals surface area contributed by atoms with Crippen molar-refractivity contribution in [1.29, 1.82) is 0 Å². The van der Waals surface area contributed by atoms with Crippen LogP contribution in [-0.2, 0) is 15.0 Å². The number of imide groups is 1. The fraction of sp³-hybridized carbons (Fsp3) is 0.182. The average Bonchev–Trinajstić information content (AvgIpc) is 2.99. The predicted molar refractivity (Wildman–Crippen MR) is 102 cm³/mol. The van der Waals surface area contributed by atoms with Crippen LogP contribution in [-0.4, -0.2) is 11.8 Å². The molecule has 0 fully saturated rings. The van der Waals surface area contributed by atoms with E-state index >= 15 is 0 Å². The van der Waals surface area contributed by atoms with Crippen molar-refractivity contribution in [2.75, 3.05) is 0 Å². The summed E-state index contributed by atoms with van der Waals surface area (Å²) in [5, 5.41) is 2.03. The Labute approximate surface area is 149 Å². The zero-order valence-electron chi connectivity index (χ0n) is 14.8. The fourth-order valence-corrected chi connectivity index (χ4v) is 2.63. The molecule has 0 unspecified atom stereocenters. The standard InChI is InChI=1S/C18H20.C4H3NO2/c1-15(16-10-6-4-7-11-16)14-18(2,3)17-12-8-5-9-13-17;6-3-1-2-4(7)5-3/h4-14H,1-3H3;1-2H,(H,5,6,7). The first-order valence-electron chi connectivity index (χ1n) is 8.22. The van der Waals surface area contributed by atoms with E-state index in [1.54, 1.807) is 0 Å². The molecule has 3 nitrogen and oxygen atoms in total. The van der Waals surface area contributed by atoms with E-state index in [1.807, 2.05) is 5.32 Å². The molecule has 1 aliphatic rings. The first-order chi connectivity index (χ1) is 11.9. The van der Waals surface area contributed by atoms with Crippen LogP contribution in [0.1, 0.15) is 31.9 Å². The summed E-state index contributed by atoms with van der Waals surface area (Å²) in [4.78, 5) is 20.1. The largest absolute Gasteiger partial charge is 0.289 e. The van der Waals surface area contributed by atoms with Gasteiger partial charge in [0.15, 0.2) is 0 Å². The van der Waals surface area contributed by atoms with Crippen LogP contribution in [0, 0.1) is 0 Å². The van der Waals surface area contributed by atoms with E-state index in [0.29, 0.717) is 0 Å². The zero-order valence-corrected chi connectivity index (χ0v) is 14.8. The van der Waals surface area contributed by atoms with E-state index in [1.165, 1.54) is 28.9 Å². The molecule has 2 aromatic carbocycles. The number of carbonyl (C=O) groups is 2. The normalized spacial score (nSPS) is 14.0. The Morgan fingerprint density at radius 2 is 1.32 bits per heavy atom. The number of benzene rings is 2. The van der Waals surface area contributed by atoms with Crippen molar-refractivity contribution in [3.63, 3.8) is 0 Å². The molecule has 2 aromatic rings. The maximum Gasteiger partial charge on any atom is 0.250 e. The number of nitrogens with one attached hydrogen (secondary N) is 1. The third kappa shape index (κ3) is 5.57. The number of amides is 2.